The molecule has 1 aromatic carbocycles. The molecule has 0 aliphatic heterocycles. The monoisotopic (exact) mass is 283 g/mol. The van der Waals surface area contributed by atoms with Crippen LogP contribution < -0.4 is 10.6 Å². The molecule has 1 aromatic heterocycles. The largest absolute Gasteiger partial charge is 0.324 e. The number of carbonyl (C=O) groups excluding carboxylic acids is 1. The highest BCUT2D eigenvalue weighted by atomic mass is 16.2. The average molecular weight is 283 g/mol. The highest BCUT2D eigenvalue weighted by molar-refractivity contribution is 5.99. The van der Waals surface area contributed by atoms with Crippen LogP contribution in [0.25, 0.3) is 0 Å². The Kier molecular flexibility index (Phi) is 4.26. The van der Waals surface area contributed by atoms with Crippen molar-refractivity contribution in [3.05, 3.63) is 52.2 Å². The van der Waals surface area contributed by atoms with Gasteiger partial charge in [0.05, 0.1) is 0 Å². The van der Waals surface area contributed by atoms with E-state index in [-0.39, 0.29) is 6.03 Å². The number of pyridine rings is 1. The van der Waals surface area contributed by atoms with Crippen molar-refractivity contribution in [2.45, 2.75) is 34.6 Å². The number of amides is 2. The van der Waals surface area contributed by atoms with E-state index in [1.165, 1.54) is 0 Å². The maximum Gasteiger partial charge on any atom is 0.324 e. The second-order valence-corrected chi connectivity index (χ2v) is 5.37. The van der Waals surface area contributed by atoms with E-state index in [4.69, 9.17) is 0 Å². The Hall–Kier alpha value is -2.36. The van der Waals surface area contributed by atoms with E-state index in [9.17, 15) is 4.79 Å². The summed E-state index contributed by atoms with van der Waals surface area (Å²) in [4.78, 5) is 16.5. The van der Waals surface area contributed by atoms with Crippen LogP contribution in [0, 0.1) is 34.6 Å². The number of aromatic nitrogens is 1. The smallest absolute Gasteiger partial charge is 0.308 e. The van der Waals surface area contributed by atoms with Gasteiger partial charge in [0, 0.05) is 11.4 Å². The zero-order chi connectivity index (χ0) is 15.6. The van der Waals surface area contributed by atoms with E-state index in [1.807, 2.05) is 58.9 Å². The average Bonchev–Trinajstić information content (AvgIpc) is 2.45. The molecule has 0 spiro atoms. The summed E-state index contributed by atoms with van der Waals surface area (Å²) in [6, 6.07) is 7.39. The Morgan fingerprint density at radius 3 is 2.10 bits per heavy atom. The number of hydrogen-bond donors (Lipinski definition) is 2. The van der Waals surface area contributed by atoms with Crippen molar-refractivity contribution in [3.8, 4) is 0 Å². The van der Waals surface area contributed by atoms with Crippen LogP contribution in [-0.2, 0) is 0 Å². The van der Waals surface area contributed by atoms with Crippen molar-refractivity contribution in [1.29, 1.82) is 0 Å². The topological polar surface area (TPSA) is 54.0 Å². The molecule has 110 valence electrons. The zero-order valence-electron chi connectivity index (χ0n) is 13.2. The molecule has 2 N–H and O–H groups in total. The van der Waals surface area contributed by atoms with Gasteiger partial charge in [0.25, 0.3) is 0 Å². The molecular formula is C17H21N3O. The lowest BCUT2D eigenvalue weighted by Crippen LogP contribution is -2.21. The molecule has 0 fully saturated rings. The lowest BCUT2D eigenvalue weighted by molar-refractivity contribution is 0.262. The predicted molar refractivity (Wildman–Crippen MR) is 87.0 cm³/mol. The molecule has 0 bridgehead atoms. The van der Waals surface area contributed by atoms with Gasteiger partial charge in [-0.3, -0.25) is 5.32 Å². The van der Waals surface area contributed by atoms with Crippen LogP contribution in [-0.4, -0.2) is 11.0 Å². The summed E-state index contributed by atoms with van der Waals surface area (Å²) in [6.45, 7) is 10.0. The van der Waals surface area contributed by atoms with Crippen molar-refractivity contribution < 1.29 is 4.79 Å². The Balaban J connectivity index is 2.15. The first-order valence-corrected chi connectivity index (χ1v) is 6.97. The fourth-order valence-corrected chi connectivity index (χ4v) is 2.09. The number of nitrogens with zero attached hydrogens (tertiary/aromatic N) is 1. The minimum absolute atomic E-state index is 0.280. The normalized spacial score (nSPS) is 10.3. The third-order valence-electron chi connectivity index (χ3n) is 3.84. The molecule has 2 rings (SSSR count). The summed E-state index contributed by atoms with van der Waals surface area (Å²) in [5, 5.41) is 5.63. The number of benzene rings is 1. The second kappa shape index (κ2) is 5.95. The Morgan fingerprint density at radius 2 is 1.48 bits per heavy atom. The summed E-state index contributed by atoms with van der Waals surface area (Å²) < 4.78 is 0. The zero-order valence-corrected chi connectivity index (χ0v) is 13.2. The summed E-state index contributed by atoms with van der Waals surface area (Å²) >= 11 is 0. The molecule has 4 nitrogen and oxygen atoms in total. The number of nitrogens with one attached hydrogen (secondary N) is 2. The van der Waals surface area contributed by atoms with Gasteiger partial charge in [0.15, 0.2) is 0 Å². The van der Waals surface area contributed by atoms with Crippen molar-refractivity contribution >= 4 is 17.5 Å². The van der Waals surface area contributed by atoms with E-state index in [0.29, 0.717) is 5.82 Å². The minimum atomic E-state index is -0.280. The van der Waals surface area contributed by atoms with E-state index in [1.54, 1.807) is 0 Å². The number of carbonyl (C=O) groups is 1. The van der Waals surface area contributed by atoms with Crippen LogP contribution in [0.1, 0.15) is 27.9 Å². The summed E-state index contributed by atoms with van der Waals surface area (Å²) in [5.74, 6) is 0.611. The quantitative estimate of drug-likeness (QED) is 0.865. The third-order valence-corrected chi connectivity index (χ3v) is 3.84. The molecule has 0 atom stereocenters. The van der Waals surface area contributed by atoms with Crippen LogP contribution >= 0.6 is 0 Å². The van der Waals surface area contributed by atoms with E-state index in [2.05, 4.69) is 15.6 Å². The second-order valence-electron chi connectivity index (χ2n) is 5.37. The predicted octanol–water partition coefficient (Wildman–Crippen LogP) is 4.27. The number of urea groups is 1. The molecule has 0 aliphatic rings. The first kappa shape index (κ1) is 15.0. The molecule has 0 radical (unpaired) electrons. The summed E-state index contributed by atoms with van der Waals surface area (Å²) in [6.07, 6.45) is 0. The highest BCUT2D eigenvalue weighted by Crippen LogP contribution is 2.22. The molecule has 4 heteroatoms. The number of aryl methyl sites for hydroxylation is 2. The van der Waals surface area contributed by atoms with Gasteiger partial charge in [-0.1, -0.05) is 17.7 Å². The van der Waals surface area contributed by atoms with Crippen molar-refractivity contribution in [1.82, 2.24) is 4.98 Å². The van der Waals surface area contributed by atoms with E-state index < -0.39 is 0 Å². The lowest BCUT2D eigenvalue weighted by atomic mass is 10.0. The number of hydrogen-bond acceptors (Lipinski definition) is 2. The van der Waals surface area contributed by atoms with Gasteiger partial charge in [-0.2, -0.15) is 0 Å². The van der Waals surface area contributed by atoms with Crippen LogP contribution in [0.4, 0.5) is 16.3 Å². The molecule has 0 saturated heterocycles. The van der Waals surface area contributed by atoms with Gasteiger partial charge < -0.3 is 5.32 Å². The molecule has 2 amide bonds. The van der Waals surface area contributed by atoms with Crippen molar-refractivity contribution in [2.24, 2.45) is 0 Å². The number of rotatable bonds is 2. The standard InChI is InChI=1S/C17H21N3O/c1-10-6-8-15(9-7-10)19-17(21)20-16-13(4)11(2)12(3)14(5)18-16/h6-9H,1-5H3,(H2,18,19,20,21). The van der Waals surface area contributed by atoms with E-state index in [0.717, 1.165) is 33.6 Å². The first-order chi connectivity index (χ1) is 9.88. The van der Waals surface area contributed by atoms with Gasteiger partial charge >= 0.3 is 6.03 Å². The van der Waals surface area contributed by atoms with Gasteiger partial charge in [-0.15, -0.1) is 0 Å². The molecular weight excluding hydrogens is 262 g/mol. The summed E-state index contributed by atoms with van der Waals surface area (Å²) in [5.41, 5.74) is 6.17. The fourth-order valence-electron chi connectivity index (χ4n) is 2.09. The van der Waals surface area contributed by atoms with Gasteiger partial charge in [0.2, 0.25) is 0 Å². The third kappa shape index (κ3) is 3.40. The fraction of sp³-hybridized carbons (Fsp3) is 0.294. The molecule has 0 saturated carbocycles. The van der Waals surface area contributed by atoms with Crippen molar-refractivity contribution in [3.63, 3.8) is 0 Å². The maximum atomic E-state index is 12.1. The van der Waals surface area contributed by atoms with Gasteiger partial charge in [-0.25, -0.2) is 9.78 Å². The van der Waals surface area contributed by atoms with Crippen LogP contribution in [0.3, 0.4) is 0 Å². The summed E-state index contributed by atoms with van der Waals surface area (Å²) in [7, 11) is 0. The molecule has 1 heterocycles. The Morgan fingerprint density at radius 1 is 0.857 bits per heavy atom. The molecule has 0 unspecified atom stereocenters. The SMILES string of the molecule is Cc1ccc(NC(=O)Nc2nc(C)c(C)c(C)c2C)cc1. The maximum absolute atomic E-state index is 12.1. The van der Waals surface area contributed by atoms with Crippen molar-refractivity contribution in [2.75, 3.05) is 10.6 Å². The van der Waals surface area contributed by atoms with Crippen LogP contribution in [0.5, 0.6) is 0 Å². The first-order valence-electron chi connectivity index (χ1n) is 6.97. The Labute approximate surface area is 125 Å². The molecule has 0 aliphatic carbocycles. The van der Waals surface area contributed by atoms with Gasteiger partial charge in [-0.05, 0) is 63.4 Å². The Bertz CT molecular complexity index is 675. The lowest BCUT2D eigenvalue weighted by Gasteiger charge is -2.14. The molecule has 2 aromatic rings. The minimum Gasteiger partial charge on any atom is -0.308 e. The number of anilines is 2. The van der Waals surface area contributed by atoms with Crippen LogP contribution in [0.2, 0.25) is 0 Å². The van der Waals surface area contributed by atoms with E-state index >= 15 is 0 Å². The van der Waals surface area contributed by atoms with Crippen LogP contribution in [0.15, 0.2) is 24.3 Å². The molecule has 21 heavy (non-hydrogen) atoms. The highest BCUT2D eigenvalue weighted by Gasteiger charge is 2.11. The van der Waals surface area contributed by atoms with Gasteiger partial charge in [0.1, 0.15) is 5.82 Å².